The molecule has 0 aliphatic carbocycles. The Hall–Kier alpha value is -0.870. The molecule has 1 aromatic heterocycles. The second kappa shape index (κ2) is 6.17. The lowest BCUT2D eigenvalue weighted by molar-refractivity contribution is 0.256. The van der Waals surface area contributed by atoms with Crippen LogP contribution < -0.4 is 5.32 Å². The summed E-state index contributed by atoms with van der Waals surface area (Å²) in [5.41, 5.74) is 3.80. The molecule has 1 unspecified atom stereocenters. The highest BCUT2D eigenvalue weighted by molar-refractivity contribution is 5.27. The van der Waals surface area contributed by atoms with Crippen molar-refractivity contribution in [3.8, 4) is 0 Å². The summed E-state index contributed by atoms with van der Waals surface area (Å²) < 4.78 is 1.97. The second-order valence-electron chi connectivity index (χ2n) is 4.82. The van der Waals surface area contributed by atoms with Gasteiger partial charge in [-0.15, -0.1) is 0 Å². The first kappa shape index (κ1) is 14.2. The highest BCUT2D eigenvalue weighted by Crippen LogP contribution is 2.24. The number of aromatic nitrogens is 2. The van der Waals surface area contributed by atoms with E-state index in [1.165, 1.54) is 17.7 Å². The molecule has 0 spiro atoms. The number of hydrogen-bond acceptors (Lipinski definition) is 3. The van der Waals surface area contributed by atoms with E-state index in [1.807, 2.05) is 18.8 Å². The van der Waals surface area contributed by atoms with E-state index < -0.39 is 0 Å². The van der Waals surface area contributed by atoms with Crippen molar-refractivity contribution in [2.75, 3.05) is 27.2 Å². The van der Waals surface area contributed by atoms with E-state index in [0.29, 0.717) is 6.04 Å². The fourth-order valence-electron chi connectivity index (χ4n) is 2.31. The molecule has 0 aliphatic heterocycles. The molecule has 0 saturated heterocycles. The summed E-state index contributed by atoms with van der Waals surface area (Å²) in [5.74, 6) is 0. The molecular weight excluding hydrogens is 212 g/mol. The van der Waals surface area contributed by atoms with Gasteiger partial charge < -0.3 is 5.32 Å². The minimum atomic E-state index is 0.431. The molecule has 0 bridgehead atoms. The van der Waals surface area contributed by atoms with E-state index in [4.69, 9.17) is 0 Å². The molecule has 0 aliphatic rings. The molecule has 1 atom stereocenters. The fourth-order valence-corrected chi connectivity index (χ4v) is 2.31. The maximum Gasteiger partial charge on any atom is 0.0644 e. The molecule has 98 valence electrons. The molecule has 1 aromatic rings. The minimum Gasteiger partial charge on any atom is -0.320 e. The van der Waals surface area contributed by atoms with Crippen LogP contribution in [0.15, 0.2) is 0 Å². The summed E-state index contributed by atoms with van der Waals surface area (Å²) in [6.07, 6.45) is 1.18. The maximum atomic E-state index is 4.49. The van der Waals surface area contributed by atoms with Gasteiger partial charge in [-0.05, 0) is 54.4 Å². The van der Waals surface area contributed by atoms with Crippen LogP contribution in [0.4, 0.5) is 0 Å². The van der Waals surface area contributed by atoms with Crippen LogP contribution in [0.2, 0.25) is 0 Å². The minimum absolute atomic E-state index is 0.431. The Bertz CT molecular complexity index is 357. The highest BCUT2D eigenvalue weighted by Gasteiger charge is 2.19. The van der Waals surface area contributed by atoms with E-state index in [9.17, 15) is 0 Å². The van der Waals surface area contributed by atoms with Crippen LogP contribution in [0.5, 0.6) is 0 Å². The van der Waals surface area contributed by atoms with Crippen LogP contribution >= 0.6 is 0 Å². The lowest BCUT2D eigenvalue weighted by Crippen LogP contribution is -2.26. The van der Waals surface area contributed by atoms with Crippen LogP contribution in [0.25, 0.3) is 0 Å². The predicted molar refractivity (Wildman–Crippen MR) is 72.3 cm³/mol. The Morgan fingerprint density at radius 3 is 2.53 bits per heavy atom. The van der Waals surface area contributed by atoms with Crippen LogP contribution in [0.3, 0.4) is 0 Å². The smallest absolute Gasteiger partial charge is 0.0644 e. The quantitative estimate of drug-likeness (QED) is 0.765. The zero-order valence-electron chi connectivity index (χ0n) is 12.0. The van der Waals surface area contributed by atoms with Gasteiger partial charge in [0.25, 0.3) is 0 Å². The third kappa shape index (κ3) is 3.30. The maximum absolute atomic E-state index is 4.49. The number of nitrogens with zero attached hydrogens (tertiary/aromatic N) is 3. The van der Waals surface area contributed by atoms with Crippen molar-refractivity contribution in [2.45, 2.75) is 33.2 Å². The molecule has 1 rings (SSSR count). The molecule has 4 heteroatoms. The van der Waals surface area contributed by atoms with Crippen molar-refractivity contribution in [3.05, 3.63) is 17.0 Å². The third-order valence-electron chi connectivity index (χ3n) is 3.58. The largest absolute Gasteiger partial charge is 0.320 e. The Kier molecular flexibility index (Phi) is 5.15. The van der Waals surface area contributed by atoms with Gasteiger partial charge in [-0.3, -0.25) is 9.58 Å². The SMILES string of the molecule is CNCCCN(C)C(C)c1c(C)nn(C)c1C. The monoisotopic (exact) mass is 238 g/mol. The first-order valence-electron chi connectivity index (χ1n) is 6.34. The standard InChI is InChI=1S/C13H26N4/c1-10-13(12(3)17(6)15-10)11(2)16(5)9-7-8-14-4/h11,14H,7-9H2,1-6H3. The summed E-state index contributed by atoms with van der Waals surface area (Å²) in [4.78, 5) is 2.40. The van der Waals surface area contributed by atoms with Crippen LogP contribution in [-0.4, -0.2) is 41.9 Å². The van der Waals surface area contributed by atoms with E-state index in [1.54, 1.807) is 0 Å². The van der Waals surface area contributed by atoms with Crippen molar-refractivity contribution in [1.29, 1.82) is 0 Å². The van der Waals surface area contributed by atoms with Gasteiger partial charge in [0, 0.05) is 24.3 Å². The molecule has 0 radical (unpaired) electrons. The van der Waals surface area contributed by atoms with Gasteiger partial charge in [0.05, 0.1) is 5.69 Å². The van der Waals surface area contributed by atoms with Gasteiger partial charge in [0.2, 0.25) is 0 Å². The number of rotatable bonds is 6. The highest BCUT2D eigenvalue weighted by atomic mass is 15.3. The first-order chi connectivity index (χ1) is 7.99. The number of hydrogen-bond donors (Lipinski definition) is 1. The molecule has 0 aromatic carbocycles. The molecule has 17 heavy (non-hydrogen) atoms. The molecule has 0 fully saturated rings. The summed E-state index contributed by atoms with van der Waals surface area (Å²) in [6, 6.07) is 0.431. The van der Waals surface area contributed by atoms with Crippen molar-refractivity contribution in [3.63, 3.8) is 0 Å². The van der Waals surface area contributed by atoms with Crippen LogP contribution in [0, 0.1) is 13.8 Å². The third-order valence-corrected chi connectivity index (χ3v) is 3.58. The zero-order chi connectivity index (χ0) is 13.0. The van der Waals surface area contributed by atoms with Crippen LogP contribution in [-0.2, 0) is 7.05 Å². The summed E-state index contributed by atoms with van der Waals surface area (Å²) in [5, 5.41) is 7.67. The normalized spacial score (nSPS) is 13.4. The predicted octanol–water partition coefficient (Wildman–Crippen LogP) is 1.64. The van der Waals surface area contributed by atoms with E-state index in [-0.39, 0.29) is 0 Å². The summed E-state index contributed by atoms with van der Waals surface area (Å²) >= 11 is 0. The van der Waals surface area contributed by atoms with E-state index in [0.717, 1.165) is 18.8 Å². The van der Waals surface area contributed by atoms with Crippen molar-refractivity contribution in [2.24, 2.45) is 7.05 Å². The fraction of sp³-hybridized carbons (Fsp3) is 0.769. The lowest BCUT2D eigenvalue weighted by atomic mass is 10.1. The average Bonchev–Trinajstić information content (AvgIpc) is 2.52. The molecule has 0 amide bonds. The van der Waals surface area contributed by atoms with Crippen molar-refractivity contribution < 1.29 is 0 Å². The molecule has 1 N–H and O–H groups in total. The Balaban J connectivity index is 2.71. The van der Waals surface area contributed by atoms with Gasteiger partial charge in [-0.2, -0.15) is 5.10 Å². The van der Waals surface area contributed by atoms with E-state index in [2.05, 4.69) is 43.1 Å². The number of nitrogens with one attached hydrogen (secondary N) is 1. The van der Waals surface area contributed by atoms with Gasteiger partial charge in [0.15, 0.2) is 0 Å². The average molecular weight is 238 g/mol. The second-order valence-corrected chi connectivity index (χ2v) is 4.82. The Morgan fingerprint density at radius 1 is 1.41 bits per heavy atom. The van der Waals surface area contributed by atoms with E-state index >= 15 is 0 Å². The lowest BCUT2D eigenvalue weighted by Gasteiger charge is -2.25. The number of aryl methyl sites for hydroxylation is 2. The Morgan fingerprint density at radius 2 is 2.06 bits per heavy atom. The topological polar surface area (TPSA) is 33.1 Å². The molecule has 1 heterocycles. The molecule has 4 nitrogen and oxygen atoms in total. The molecular formula is C13H26N4. The first-order valence-corrected chi connectivity index (χ1v) is 6.34. The zero-order valence-corrected chi connectivity index (χ0v) is 12.0. The van der Waals surface area contributed by atoms with Crippen molar-refractivity contribution in [1.82, 2.24) is 20.0 Å². The summed E-state index contributed by atoms with van der Waals surface area (Å²) in [7, 11) is 6.20. The van der Waals surface area contributed by atoms with Gasteiger partial charge >= 0.3 is 0 Å². The summed E-state index contributed by atoms with van der Waals surface area (Å²) in [6.45, 7) is 8.68. The van der Waals surface area contributed by atoms with Gasteiger partial charge in [0.1, 0.15) is 0 Å². The van der Waals surface area contributed by atoms with Gasteiger partial charge in [-0.25, -0.2) is 0 Å². The van der Waals surface area contributed by atoms with Crippen molar-refractivity contribution >= 4 is 0 Å². The Labute approximate surface area is 105 Å². The van der Waals surface area contributed by atoms with Gasteiger partial charge in [-0.1, -0.05) is 0 Å². The molecule has 0 saturated carbocycles. The van der Waals surface area contributed by atoms with Crippen LogP contribution in [0.1, 0.15) is 36.3 Å².